The Labute approximate surface area is 134 Å². The summed E-state index contributed by atoms with van der Waals surface area (Å²) < 4.78 is 5.32. The van der Waals surface area contributed by atoms with Gasteiger partial charge in [-0.25, -0.2) is 9.97 Å². The lowest BCUT2D eigenvalue weighted by molar-refractivity contribution is 0.419. The largest absolute Gasteiger partial charge is 0.494 e. The Bertz CT molecular complexity index is 809. The molecule has 0 aliphatic carbocycles. The van der Waals surface area contributed by atoms with Crippen LogP contribution >= 0.6 is 8.38 Å². The Morgan fingerprint density at radius 2 is 1.87 bits per heavy atom. The quantitative estimate of drug-likeness (QED) is 0.623. The first-order valence-electron chi connectivity index (χ1n) is 6.96. The van der Waals surface area contributed by atoms with Crippen LogP contribution in [-0.4, -0.2) is 26.9 Å². The molecule has 3 N–H and O–H groups in total. The smallest absolute Gasteiger partial charge is 0.169 e. The molecule has 3 rings (SSSR count). The molecule has 0 radical (unpaired) electrons. The van der Waals surface area contributed by atoms with E-state index in [1.54, 1.807) is 7.11 Å². The second kappa shape index (κ2) is 6.87. The standard InChI is InChI=1S/C16H16N3O3P/c1-22-14-4-2-3-13-15(14)17-10-18-16(13)19-12-7-5-11(6-8-12)9-23(20)21/h2-8,10,20-21H,9H2,1H3,(H,17,18,19). The van der Waals surface area contributed by atoms with Crippen molar-refractivity contribution in [3.8, 4) is 5.75 Å². The first-order chi connectivity index (χ1) is 11.2. The summed E-state index contributed by atoms with van der Waals surface area (Å²) in [5.74, 6) is 1.38. The fourth-order valence-electron chi connectivity index (χ4n) is 2.32. The molecule has 1 heterocycles. The van der Waals surface area contributed by atoms with Gasteiger partial charge in [0.05, 0.1) is 7.11 Å². The van der Waals surface area contributed by atoms with Gasteiger partial charge in [0, 0.05) is 17.2 Å². The van der Waals surface area contributed by atoms with Gasteiger partial charge in [0.25, 0.3) is 0 Å². The van der Waals surface area contributed by atoms with E-state index in [0.29, 0.717) is 11.6 Å². The molecule has 23 heavy (non-hydrogen) atoms. The topological polar surface area (TPSA) is 87.5 Å². The minimum absolute atomic E-state index is 0.267. The molecule has 0 amide bonds. The Morgan fingerprint density at radius 1 is 1.09 bits per heavy atom. The van der Waals surface area contributed by atoms with E-state index in [2.05, 4.69) is 15.3 Å². The van der Waals surface area contributed by atoms with Crippen molar-refractivity contribution < 1.29 is 14.5 Å². The van der Waals surface area contributed by atoms with Crippen LogP contribution in [0.4, 0.5) is 11.5 Å². The van der Waals surface area contributed by atoms with Gasteiger partial charge in [-0.15, -0.1) is 0 Å². The summed E-state index contributed by atoms with van der Waals surface area (Å²) >= 11 is 0. The zero-order valence-corrected chi connectivity index (χ0v) is 13.4. The molecule has 118 valence electrons. The minimum atomic E-state index is -1.92. The molecule has 1 aromatic heterocycles. The molecular formula is C16H16N3O3P. The number of methoxy groups -OCH3 is 1. The molecule has 0 spiro atoms. The molecule has 3 aromatic rings. The molecule has 0 atom stereocenters. The lowest BCUT2D eigenvalue weighted by atomic mass is 10.2. The molecule has 0 aliphatic heterocycles. The summed E-state index contributed by atoms with van der Waals surface area (Å²) in [5.41, 5.74) is 2.48. The van der Waals surface area contributed by atoms with Crippen molar-refractivity contribution in [1.29, 1.82) is 0 Å². The Morgan fingerprint density at radius 3 is 2.57 bits per heavy atom. The van der Waals surface area contributed by atoms with E-state index in [1.165, 1.54) is 6.33 Å². The number of aromatic nitrogens is 2. The molecule has 7 heteroatoms. The number of nitrogens with one attached hydrogen (secondary N) is 1. The first kappa shape index (κ1) is 15.6. The molecule has 0 fully saturated rings. The van der Waals surface area contributed by atoms with Gasteiger partial charge in [0.1, 0.15) is 23.4 Å². The Balaban J connectivity index is 1.89. The summed E-state index contributed by atoms with van der Waals surface area (Å²) in [6.07, 6.45) is 1.76. The van der Waals surface area contributed by atoms with Crippen LogP contribution in [0.2, 0.25) is 0 Å². The van der Waals surface area contributed by atoms with Crippen molar-refractivity contribution in [3.63, 3.8) is 0 Å². The second-order valence-corrected chi connectivity index (χ2v) is 5.99. The number of para-hydroxylation sites is 1. The zero-order valence-electron chi connectivity index (χ0n) is 12.5. The molecule has 0 unspecified atom stereocenters. The predicted octanol–water partition coefficient (Wildman–Crippen LogP) is 3.18. The van der Waals surface area contributed by atoms with Crippen molar-refractivity contribution >= 4 is 30.8 Å². The summed E-state index contributed by atoms with van der Waals surface area (Å²) in [6.45, 7) is 0. The first-order valence-corrected chi connectivity index (χ1v) is 8.39. The van der Waals surface area contributed by atoms with Crippen molar-refractivity contribution in [1.82, 2.24) is 9.97 Å². The van der Waals surface area contributed by atoms with Crippen LogP contribution in [0.3, 0.4) is 0 Å². The van der Waals surface area contributed by atoms with Gasteiger partial charge in [0.15, 0.2) is 8.38 Å². The van der Waals surface area contributed by atoms with Crippen LogP contribution in [-0.2, 0) is 6.16 Å². The highest BCUT2D eigenvalue weighted by molar-refractivity contribution is 7.44. The van der Waals surface area contributed by atoms with E-state index >= 15 is 0 Å². The number of hydrogen-bond acceptors (Lipinski definition) is 6. The number of hydrogen-bond donors (Lipinski definition) is 3. The molecule has 6 nitrogen and oxygen atoms in total. The Hall–Kier alpha value is -2.27. The monoisotopic (exact) mass is 329 g/mol. The number of fused-ring (bicyclic) bond motifs is 1. The van der Waals surface area contributed by atoms with E-state index < -0.39 is 8.38 Å². The fourth-order valence-corrected chi connectivity index (χ4v) is 2.86. The summed E-state index contributed by atoms with van der Waals surface area (Å²) in [4.78, 5) is 26.7. The molecular weight excluding hydrogens is 313 g/mol. The third kappa shape index (κ3) is 3.56. The maximum atomic E-state index is 9.05. The van der Waals surface area contributed by atoms with Gasteiger partial charge in [-0.3, -0.25) is 0 Å². The van der Waals surface area contributed by atoms with Gasteiger partial charge in [-0.1, -0.05) is 18.2 Å². The highest BCUT2D eigenvalue weighted by Crippen LogP contribution is 2.31. The third-order valence-electron chi connectivity index (χ3n) is 3.39. The second-order valence-electron chi connectivity index (χ2n) is 4.93. The van der Waals surface area contributed by atoms with Gasteiger partial charge < -0.3 is 19.8 Å². The SMILES string of the molecule is COc1cccc2c(Nc3ccc(CP(O)O)cc3)ncnc12. The summed E-state index contributed by atoms with van der Waals surface area (Å²) in [7, 11) is -0.308. The van der Waals surface area contributed by atoms with Crippen molar-refractivity contribution in [3.05, 3.63) is 54.4 Å². The van der Waals surface area contributed by atoms with Crippen LogP contribution in [0.5, 0.6) is 5.75 Å². The number of nitrogens with zero attached hydrogens (tertiary/aromatic N) is 2. The summed E-state index contributed by atoms with van der Waals surface area (Å²) in [5, 5.41) is 4.12. The normalized spacial score (nSPS) is 11.0. The lowest BCUT2D eigenvalue weighted by Gasteiger charge is -2.11. The maximum absolute atomic E-state index is 9.05. The van der Waals surface area contributed by atoms with Gasteiger partial charge in [-0.05, 0) is 29.8 Å². The molecule has 0 bridgehead atoms. The number of rotatable bonds is 5. The Kier molecular flexibility index (Phi) is 4.67. The highest BCUT2D eigenvalue weighted by Gasteiger charge is 2.08. The molecule has 0 aliphatic rings. The maximum Gasteiger partial charge on any atom is 0.169 e. The van der Waals surface area contributed by atoms with Crippen molar-refractivity contribution in [2.24, 2.45) is 0 Å². The van der Waals surface area contributed by atoms with E-state index in [-0.39, 0.29) is 6.16 Å². The number of anilines is 2. The van der Waals surface area contributed by atoms with Crippen LogP contribution in [0.25, 0.3) is 10.9 Å². The number of ether oxygens (including phenoxy) is 1. The van der Waals surface area contributed by atoms with E-state index in [0.717, 1.165) is 22.2 Å². The van der Waals surface area contributed by atoms with E-state index in [1.807, 2.05) is 42.5 Å². The average molecular weight is 329 g/mol. The molecule has 0 saturated carbocycles. The predicted molar refractivity (Wildman–Crippen MR) is 90.9 cm³/mol. The zero-order chi connectivity index (χ0) is 16.2. The highest BCUT2D eigenvalue weighted by atomic mass is 31.2. The molecule has 0 saturated heterocycles. The minimum Gasteiger partial charge on any atom is -0.494 e. The van der Waals surface area contributed by atoms with E-state index in [4.69, 9.17) is 14.5 Å². The van der Waals surface area contributed by atoms with Crippen LogP contribution in [0.15, 0.2) is 48.8 Å². The average Bonchev–Trinajstić information content (AvgIpc) is 2.56. The van der Waals surface area contributed by atoms with Crippen LogP contribution < -0.4 is 10.1 Å². The lowest BCUT2D eigenvalue weighted by Crippen LogP contribution is -1.97. The van der Waals surface area contributed by atoms with E-state index in [9.17, 15) is 0 Å². The molecule has 2 aromatic carbocycles. The van der Waals surface area contributed by atoms with Crippen molar-refractivity contribution in [2.45, 2.75) is 6.16 Å². The number of benzene rings is 2. The van der Waals surface area contributed by atoms with Gasteiger partial charge in [-0.2, -0.15) is 0 Å². The fraction of sp³-hybridized carbons (Fsp3) is 0.125. The van der Waals surface area contributed by atoms with Gasteiger partial charge >= 0.3 is 0 Å². The van der Waals surface area contributed by atoms with Crippen LogP contribution in [0.1, 0.15) is 5.56 Å². The third-order valence-corrected chi connectivity index (χ3v) is 4.04. The van der Waals surface area contributed by atoms with Crippen LogP contribution in [0, 0.1) is 0 Å². The van der Waals surface area contributed by atoms with Gasteiger partial charge in [0.2, 0.25) is 0 Å². The van der Waals surface area contributed by atoms with Crippen molar-refractivity contribution in [2.75, 3.05) is 12.4 Å². The summed E-state index contributed by atoms with van der Waals surface area (Å²) in [6, 6.07) is 13.1.